The van der Waals surface area contributed by atoms with Gasteiger partial charge in [-0.1, -0.05) is 6.92 Å². The Morgan fingerprint density at radius 2 is 2.40 bits per heavy atom. The first kappa shape index (κ1) is 14.7. The molecule has 0 spiro atoms. The lowest BCUT2D eigenvalue weighted by Crippen LogP contribution is -2.47. The second kappa shape index (κ2) is 6.67. The molecule has 2 heterocycles. The number of nitrogen functional groups attached to an aromatic ring is 1. The molecule has 4 N–H and O–H groups in total. The van der Waals surface area contributed by atoms with Gasteiger partial charge in [0.25, 0.3) is 5.91 Å². The molecule has 0 aliphatic carbocycles. The van der Waals surface area contributed by atoms with Crippen molar-refractivity contribution in [2.24, 2.45) is 5.84 Å². The molecular formula is C14H23N5O. The van der Waals surface area contributed by atoms with Crippen LogP contribution in [0.4, 0.5) is 5.69 Å². The third kappa shape index (κ3) is 3.46. The van der Waals surface area contributed by atoms with E-state index in [1.54, 1.807) is 12.3 Å². The first-order chi connectivity index (χ1) is 9.63. The molecule has 2 rings (SSSR count). The van der Waals surface area contributed by atoms with Crippen molar-refractivity contribution in [1.82, 2.24) is 15.2 Å². The minimum Gasteiger partial charge on any atom is -0.348 e. The second-order valence-electron chi connectivity index (χ2n) is 5.22. The number of nitrogens with two attached hydrogens (primary N) is 1. The smallest absolute Gasteiger partial charge is 0.255 e. The Kier molecular flexibility index (Phi) is 4.92. The van der Waals surface area contributed by atoms with E-state index in [2.05, 4.69) is 27.6 Å². The van der Waals surface area contributed by atoms with E-state index in [1.165, 1.54) is 0 Å². The van der Waals surface area contributed by atoms with Crippen LogP contribution in [-0.4, -0.2) is 41.5 Å². The highest BCUT2D eigenvalue weighted by molar-refractivity contribution is 5.99. The lowest BCUT2D eigenvalue weighted by Gasteiger charge is -2.32. The summed E-state index contributed by atoms with van der Waals surface area (Å²) in [5.74, 6) is 5.35. The summed E-state index contributed by atoms with van der Waals surface area (Å²) >= 11 is 0. The topological polar surface area (TPSA) is 83.3 Å². The van der Waals surface area contributed by atoms with Gasteiger partial charge in [-0.3, -0.25) is 15.6 Å². The molecule has 0 aromatic carbocycles. The maximum Gasteiger partial charge on any atom is 0.255 e. The summed E-state index contributed by atoms with van der Waals surface area (Å²) < 4.78 is 0. The normalized spacial score (nSPS) is 19.6. The molecule has 1 aromatic rings. The van der Waals surface area contributed by atoms with Crippen molar-refractivity contribution in [2.75, 3.05) is 25.1 Å². The molecule has 1 aliphatic heterocycles. The van der Waals surface area contributed by atoms with Gasteiger partial charge in [0.15, 0.2) is 0 Å². The molecule has 1 aromatic heterocycles. The van der Waals surface area contributed by atoms with Gasteiger partial charge in [-0.15, -0.1) is 0 Å². The number of carbonyl (C=O) groups is 1. The third-order valence-corrected chi connectivity index (χ3v) is 3.73. The largest absolute Gasteiger partial charge is 0.348 e. The van der Waals surface area contributed by atoms with Gasteiger partial charge in [-0.05, 0) is 38.9 Å². The van der Waals surface area contributed by atoms with Gasteiger partial charge in [0.05, 0.1) is 11.3 Å². The van der Waals surface area contributed by atoms with Gasteiger partial charge in [0.2, 0.25) is 0 Å². The Bertz CT molecular complexity index is 477. The summed E-state index contributed by atoms with van der Waals surface area (Å²) in [4.78, 5) is 18.9. The Balaban J connectivity index is 2.04. The molecule has 0 bridgehead atoms. The number of hydrazine groups is 1. The predicted octanol–water partition coefficient (Wildman–Crippen LogP) is 0.890. The van der Waals surface area contributed by atoms with Crippen LogP contribution in [0.1, 0.15) is 35.8 Å². The van der Waals surface area contributed by atoms with Crippen molar-refractivity contribution in [3.8, 4) is 0 Å². The first-order valence-corrected chi connectivity index (χ1v) is 7.10. The number of likely N-dealkylation sites (tertiary alicyclic amines) is 1. The first-order valence-electron chi connectivity index (χ1n) is 7.10. The number of rotatable bonds is 4. The summed E-state index contributed by atoms with van der Waals surface area (Å²) in [7, 11) is 0. The van der Waals surface area contributed by atoms with E-state index in [-0.39, 0.29) is 11.9 Å². The summed E-state index contributed by atoms with van der Waals surface area (Å²) in [6.45, 7) is 7.05. The molecule has 6 nitrogen and oxygen atoms in total. The molecule has 1 saturated heterocycles. The van der Waals surface area contributed by atoms with Crippen molar-refractivity contribution >= 4 is 11.6 Å². The van der Waals surface area contributed by atoms with Gasteiger partial charge in [-0.25, -0.2) is 0 Å². The van der Waals surface area contributed by atoms with E-state index < -0.39 is 0 Å². The predicted molar refractivity (Wildman–Crippen MR) is 79.4 cm³/mol. The van der Waals surface area contributed by atoms with Crippen LogP contribution < -0.4 is 16.6 Å². The zero-order valence-corrected chi connectivity index (χ0v) is 12.1. The Morgan fingerprint density at radius 3 is 3.10 bits per heavy atom. The van der Waals surface area contributed by atoms with Crippen molar-refractivity contribution in [2.45, 2.75) is 32.7 Å². The number of anilines is 1. The van der Waals surface area contributed by atoms with Crippen molar-refractivity contribution in [3.63, 3.8) is 0 Å². The van der Waals surface area contributed by atoms with Crippen LogP contribution in [0.2, 0.25) is 0 Å². The highest BCUT2D eigenvalue weighted by atomic mass is 16.1. The number of hydrogen-bond acceptors (Lipinski definition) is 5. The van der Waals surface area contributed by atoms with Gasteiger partial charge in [0.1, 0.15) is 0 Å². The lowest BCUT2D eigenvalue weighted by atomic mass is 10.1. The number of piperidine rings is 1. The molecule has 1 fully saturated rings. The molecule has 1 unspecified atom stereocenters. The van der Waals surface area contributed by atoms with Crippen LogP contribution in [0.15, 0.2) is 12.3 Å². The van der Waals surface area contributed by atoms with E-state index >= 15 is 0 Å². The van der Waals surface area contributed by atoms with Crippen molar-refractivity contribution in [3.05, 3.63) is 23.5 Å². The van der Waals surface area contributed by atoms with Gasteiger partial charge in [0, 0.05) is 24.5 Å². The summed E-state index contributed by atoms with van der Waals surface area (Å²) in [6.07, 6.45) is 3.71. The number of hydrogen-bond donors (Lipinski definition) is 3. The minimum atomic E-state index is -0.117. The SMILES string of the molecule is CCN1CCCC(NC(=O)c2cnc(C)cc2NN)C1. The molecule has 110 valence electrons. The zero-order valence-electron chi connectivity index (χ0n) is 12.1. The molecule has 6 heteroatoms. The van der Waals surface area contributed by atoms with Gasteiger partial charge in [-0.2, -0.15) is 0 Å². The fourth-order valence-electron chi connectivity index (χ4n) is 2.58. The average Bonchev–Trinajstić information content (AvgIpc) is 2.47. The van der Waals surface area contributed by atoms with E-state index in [9.17, 15) is 4.79 Å². The van der Waals surface area contributed by atoms with E-state index in [0.717, 1.165) is 38.2 Å². The van der Waals surface area contributed by atoms with Crippen LogP contribution in [0.25, 0.3) is 0 Å². The number of likely N-dealkylation sites (N-methyl/N-ethyl adjacent to an activating group) is 1. The van der Waals surface area contributed by atoms with Crippen molar-refractivity contribution in [1.29, 1.82) is 0 Å². The number of aryl methyl sites for hydroxylation is 1. The standard InChI is InChI=1S/C14H23N5O/c1-3-19-6-4-5-11(9-19)17-14(20)12-8-16-10(2)7-13(12)18-15/h7-8,11H,3-6,9,15H2,1-2H3,(H,16,18)(H,17,20). The summed E-state index contributed by atoms with van der Waals surface area (Å²) in [6, 6.07) is 1.97. The lowest BCUT2D eigenvalue weighted by molar-refractivity contribution is 0.0906. The van der Waals surface area contributed by atoms with Gasteiger partial charge >= 0.3 is 0 Å². The van der Waals surface area contributed by atoms with Crippen LogP contribution >= 0.6 is 0 Å². The average molecular weight is 277 g/mol. The minimum absolute atomic E-state index is 0.117. The van der Waals surface area contributed by atoms with Crippen LogP contribution in [-0.2, 0) is 0 Å². The highest BCUT2D eigenvalue weighted by Gasteiger charge is 2.22. The molecule has 0 saturated carbocycles. The maximum absolute atomic E-state index is 12.3. The highest BCUT2D eigenvalue weighted by Crippen LogP contribution is 2.16. The number of carbonyl (C=O) groups excluding carboxylic acids is 1. The van der Waals surface area contributed by atoms with E-state index in [1.807, 2.05) is 6.92 Å². The van der Waals surface area contributed by atoms with Gasteiger partial charge < -0.3 is 15.6 Å². The molecule has 1 amide bonds. The number of nitrogens with zero attached hydrogens (tertiary/aromatic N) is 2. The summed E-state index contributed by atoms with van der Waals surface area (Å²) in [5, 5.41) is 3.08. The number of pyridine rings is 1. The molecule has 0 radical (unpaired) electrons. The maximum atomic E-state index is 12.3. The fourth-order valence-corrected chi connectivity index (χ4v) is 2.58. The Labute approximate surface area is 119 Å². The van der Waals surface area contributed by atoms with E-state index in [4.69, 9.17) is 5.84 Å². The fraction of sp³-hybridized carbons (Fsp3) is 0.571. The number of nitrogens with one attached hydrogen (secondary N) is 2. The van der Waals surface area contributed by atoms with Crippen molar-refractivity contribution < 1.29 is 4.79 Å². The molecular weight excluding hydrogens is 254 g/mol. The molecule has 20 heavy (non-hydrogen) atoms. The number of aromatic nitrogens is 1. The summed E-state index contributed by atoms with van der Waals surface area (Å²) in [5.41, 5.74) is 4.49. The Hall–Kier alpha value is -1.66. The van der Waals surface area contributed by atoms with Crippen LogP contribution in [0.3, 0.4) is 0 Å². The zero-order chi connectivity index (χ0) is 14.5. The second-order valence-corrected chi connectivity index (χ2v) is 5.22. The van der Waals surface area contributed by atoms with E-state index in [0.29, 0.717) is 11.3 Å². The monoisotopic (exact) mass is 277 g/mol. The molecule has 1 aliphatic rings. The van der Waals surface area contributed by atoms with Crippen LogP contribution in [0, 0.1) is 6.92 Å². The van der Waals surface area contributed by atoms with Crippen LogP contribution in [0.5, 0.6) is 0 Å². The Morgan fingerprint density at radius 1 is 1.60 bits per heavy atom. The third-order valence-electron chi connectivity index (χ3n) is 3.73. The molecule has 1 atom stereocenters. The number of amides is 1. The quantitative estimate of drug-likeness (QED) is 0.562.